The molecule has 0 saturated heterocycles. The number of nitrogens with two attached hydrogens (primary N) is 1. The molecular formula is C20H22N4O3. The Labute approximate surface area is 156 Å². The minimum Gasteiger partial charge on any atom is -0.481 e. The molecule has 0 saturated carbocycles. The van der Waals surface area contributed by atoms with Crippen molar-refractivity contribution in [2.75, 3.05) is 19.4 Å². The van der Waals surface area contributed by atoms with E-state index in [1.165, 1.54) is 4.57 Å². The summed E-state index contributed by atoms with van der Waals surface area (Å²) in [6, 6.07) is 9.16. The zero-order valence-electron chi connectivity index (χ0n) is 15.6. The number of ether oxygens (including phenoxy) is 1. The van der Waals surface area contributed by atoms with Crippen molar-refractivity contribution in [2.24, 2.45) is 7.05 Å². The van der Waals surface area contributed by atoms with Gasteiger partial charge >= 0.3 is 0 Å². The van der Waals surface area contributed by atoms with E-state index >= 15 is 0 Å². The number of nitrogens with zero attached hydrogens (tertiary/aromatic N) is 2. The highest BCUT2D eigenvalue weighted by Gasteiger charge is 2.21. The highest BCUT2D eigenvalue weighted by Crippen LogP contribution is 2.35. The number of pyridine rings is 2. The summed E-state index contributed by atoms with van der Waals surface area (Å²) in [5, 5.41) is 3.35. The summed E-state index contributed by atoms with van der Waals surface area (Å²) < 4.78 is 6.81. The number of benzene rings is 1. The third kappa shape index (κ3) is 3.12. The Kier molecular flexibility index (Phi) is 5.12. The third-order valence-corrected chi connectivity index (χ3v) is 4.47. The van der Waals surface area contributed by atoms with E-state index in [0.717, 1.165) is 17.5 Å². The predicted octanol–water partition coefficient (Wildman–Crippen LogP) is 2.33. The largest absolute Gasteiger partial charge is 0.481 e. The van der Waals surface area contributed by atoms with E-state index < -0.39 is 11.5 Å². The molecule has 3 N–H and O–H groups in total. The van der Waals surface area contributed by atoms with Crippen molar-refractivity contribution in [1.29, 1.82) is 0 Å². The molecule has 0 radical (unpaired) electrons. The van der Waals surface area contributed by atoms with Crippen LogP contribution in [0.5, 0.6) is 5.88 Å². The van der Waals surface area contributed by atoms with Gasteiger partial charge in [-0.1, -0.05) is 25.1 Å². The zero-order chi connectivity index (χ0) is 19.6. The number of hydrogen-bond acceptors (Lipinski definition) is 5. The first kappa shape index (κ1) is 18.4. The molecule has 140 valence electrons. The smallest absolute Gasteiger partial charge is 0.265 e. The Hall–Kier alpha value is -3.35. The fourth-order valence-corrected chi connectivity index (χ4v) is 3.16. The average molecular weight is 366 g/mol. The van der Waals surface area contributed by atoms with E-state index in [1.54, 1.807) is 32.5 Å². The van der Waals surface area contributed by atoms with Gasteiger partial charge in [0.2, 0.25) is 5.88 Å². The molecule has 1 aromatic carbocycles. The molecule has 0 fully saturated rings. The Bertz CT molecular complexity index is 1070. The van der Waals surface area contributed by atoms with Crippen LogP contribution in [0, 0.1) is 0 Å². The van der Waals surface area contributed by atoms with Crippen LogP contribution in [0.4, 0.5) is 5.69 Å². The molecule has 27 heavy (non-hydrogen) atoms. The molecule has 2 heterocycles. The van der Waals surface area contributed by atoms with Crippen molar-refractivity contribution < 1.29 is 9.53 Å². The van der Waals surface area contributed by atoms with E-state index in [2.05, 4.69) is 10.3 Å². The van der Waals surface area contributed by atoms with Gasteiger partial charge in [-0.2, -0.15) is 0 Å². The topological polar surface area (TPSA) is 99.2 Å². The summed E-state index contributed by atoms with van der Waals surface area (Å²) >= 11 is 0. The molecule has 2 aromatic heterocycles. The molecule has 0 aliphatic carbocycles. The lowest BCUT2D eigenvalue weighted by molar-refractivity contribution is 0.0953. The number of rotatable bonds is 5. The molecule has 0 aliphatic heterocycles. The molecule has 0 unspecified atom stereocenters. The molecule has 1 amide bonds. The summed E-state index contributed by atoms with van der Waals surface area (Å²) in [6.45, 7) is 2.42. The number of methoxy groups -OCH3 is 1. The lowest BCUT2D eigenvalue weighted by atomic mass is 10.00. The normalized spacial score (nSPS) is 10.8. The summed E-state index contributed by atoms with van der Waals surface area (Å²) in [6.07, 6.45) is 2.40. The van der Waals surface area contributed by atoms with Crippen molar-refractivity contribution in [3.05, 3.63) is 52.4 Å². The van der Waals surface area contributed by atoms with Crippen LogP contribution < -0.4 is 21.3 Å². The second-order valence-corrected chi connectivity index (χ2v) is 6.17. The number of aryl methyl sites for hydroxylation is 1. The van der Waals surface area contributed by atoms with E-state index in [-0.39, 0.29) is 11.3 Å². The Morgan fingerprint density at radius 2 is 2.00 bits per heavy atom. The van der Waals surface area contributed by atoms with Gasteiger partial charge < -0.3 is 20.4 Å². The number of hydrogen-bond donors (Lipinski definition) is 2. The third-order valence-electron chi connectivity index (χ3n) is 4.47. The van der Waals surface area contributed by atoms with Crippen LogP contribution in [0.25, 0.3) is 22.0 Å². The molecule has 0 atom stereocenters. The van der Waals surface area contributed by atoms with Crippen LogP contribution in [0.1, 0.15) is 23.7 Å². The molecule has 7 heteroatoms. The minimum absolute atomic E-state index is 0.0336. The zero-order valence-corrected chi connectivity index (χ0v) is 15.6. The number of carbonyl (C=O) groups excluding carboxylic acids is 1. The van der Waals surface area contributed by atoms with Gasteiger partial charge in [-0.3, -0.25) is 9.59 Å². The van der Waals surface area contributed by atoms with E-state index in [4.69, 9.17) is 10.5 Å². The van der Waals surface area contributed by atoms with Gasteiger partial charge in [0.1, 0.15) is 5.56 Å². The van der Waals surface area contributed by atoms with Crippen molar-refractivity contribution in [3.63, 3.8) is 0 Å². The first-order chi connectivity index (χ1) is 13.0. The highest BCUT2D eigenvalue weighted by atomic mass is 16.5. The van der Waals surface area contributed by atoms with Crippen molar-refractivity contribution in [3.8, 4) is 17.0 Å². The Balaban J connectivity index is 2.33. The fourth-order valence-electron chi connectivity index (χ4n) is 3.16. The standard InChI is InChI=1S/C20H22N4O3/c1-4-10-22-18(25)15-16(21)14-8-5-7-12(17(14)24(2)20(15)26)13-9-6-11-23-19(13)27-3/h5-9,11H,4,10,21H2,1-3H3,(H,22,25). The van der Waals surface area contributed by atoms with Gasteiger partial charge in [0.15, 0.2) is 0 Å². The predicted molar refractivity (Wildman–Crippen MR) is 106 cm³/mol. The number of nitrogen functional groups attached to an aromatic ring is 1. The lowest BCUT2D eigenvalue weighted by Crippen LogP contribution is -2.34. The summed E-state index contributed by atoms with van der Waals surface area (Å²) in [4.78, 5) is 29.6. The second kappa shape index (κ2) is 7.49. The number of nitrogens with one attached hydrogen (secondary N) is 1. The number of fused-ring (bicyclic) bond motifs is 1. The average Bonchev–Trinajstić information content (AvgIpc) is 2.70. The number of anilines is 1. The summed E-state index contributed by atoms with van der Waals surface area (Å²) in [5.74, 6) is -0.0120. The van der Waals surface area contributed by atoms with Gasteiger partial charge in [0.05, 0.1) is 18.3 Å². The Morgan fingerprint density at radius 3 is 2.70 bits per heavy atom. The maximum absolute atomic E-state index is 12.9. The van der Waals surface area contributed by atoms with Crippen molar-refractivity contribution in [2.45, 2.75) is 13.3 Å². The first-order valence-electron chi connectivity index (χ1n) is 8.70. The molecule has 0 aliphatic rings. The van der Waals surface area contributed by atoms with Gasteiger partial charge in [0, 0.05) is 36.3 Å². The minimum atomic E-state index is -0.457. The lowest BCUT2D eigenvalue weighted by Gasteiger charge is -2.16. The van der Waals surface area contributed by atoms with Crippen LogP contribution in [0.2, 0.25) is 0 Å². The molecule has 3 rings (SSSR count). The van der Waals surface area contributed by atoms with Crippen LogP contribution in [0.15, 0.2) is 41.3 Å². The van der Waals surface area contributed by atoms with E-state index in [1.807, 2.05) is 25.1 Å². The van der Waals surface area contributed by atoms with Crippen LogP contribution >= 0.6 is 0 Å². The second-order valence-electron chi connectivity index (χ2n) is 6.17. The quantitative estimate of drug-likeness (QED) is 0.722. The fraction of sp³-hybridized carbons (Fsp3) is 0.250. The number of aromatic nitrogens is 2. The van der Waals surface area contributed by atoms with Gasteiger partial charge in [-0.25, -0.2) is 4.98 Å². The molecule has 7 nitrogen and oxygen atoms in total. The molecule has 0 bridgehead atoms. The molecular weight excluding hydrogens is 344 g/mol. The SMILES string of the molecule is CCCNC(=O)c1c(N)c2cccc(-c3cccnc3OC)c2n(C)c1=O. The van der Waals surface area contributed by atoms with Crippen molar-refractivity contribution >= 4 is 22.5 Å². The molecule has 0 spiro atoms. The van der Waals surface area contributed by atoms with Crippen LogP contribution in [-0.4, -0.2) is 29.1 Å². The summed E-state index contributed by atoms with van der Waals surface area (Å²) in [7, 11) is 3.17. The highest BCUT2D eigenvalue weighted by molar-refractivity contribution is 6.09. The number of amides is 1. The van der Waals surface area contributed by atoms with E-state index in [9.17, 15) is 9.59 Å². The van der Waals surface area contributed by atoms with Crippen LogP contribution in [0.3, 0.4) is 0 Å². The van der Waals surface area contributed by atoms with Gasteiger partial charge in [-0.05, 0) is 18.6 Å². The molecule has 3 aromatic rings. The van der Waals surface area contributed by atoms with Crippen LogP contribution in [-0.2, 0) is 7.05 Å². The maximum Gasteiger partial charge on any atom is 0.265 e. The van der Waals surface area contributed by atoms with Crippen molar-refractivity contribution in [1.82, 2.24) is 14.9 Å². The van der Waals surface area contributed by atoms with Gasteiger partial charge in [0.25, 0.3) is 11.5 Å². The number of para-hydroxylation sites is 1. The number of carbonyl (C=O) groups is 1. The van der Waals surface area contributed by atoms with Gasteiger partial charge in [-0.15, -0.1) is 0 Å². The first-order valence-corrected chi connectivity index (χ1v) is 8.70. The summed E-state index contributed by atoms with van der Waals surface area (Å²) in [5.41, 5.74) is 8.07. The van der Waals surface area contributed by atoms with E-state index in [0.29, 0.717) is 23.3 Å². The maximum atomic E-state index is 12.9. The monoisotopic (exact) mass is 366 g/mol. The Morgan fingerprint density at radius 1 is 1.26 bits per heavy atom.